The van der Waals surface area contributed by atoms with Gasteiger partial charge in [-0.05, 0) is 71.2 Å². The lowest BCUT2D eigenvalue weighted by Gasteiger charge is -2.21. The largest absolute Gasteiger partial charge is 0.483 e. The van der Waals surface area contributed by atoms with Crippen LogP contribution in [0.25, 0.3) is 0 Å². The van der Waals surface area contributed by atoms with Crippen molar-refractivity contribution in [3.05, 3.63) is 57.5 Å². The van der Waals surface area contributed by atoms with Crippen LogP contribution in [0.15, 0.2) is 46.9 Å². The molecule has 0 aromatic heterocycles. The summed E-state index contributed by atoms with van der Waals surface area (Å²) in [6, 6.07) is 12.0. The summed E-state index contributed by atoms with van der Waals surface area (Å²) in [5, 5.41) is 3.34. The second kappa shape index (κ2) is 11.1. The number of benzene rings is 2. The summed E-state index contributed by atoms with van der Waals surface area (Å²) in [7, 11) is 0. The quantitative estimate of drug-likeness (QED) is 0.538. The number of halogens is 2. The number of nitrogens with zero attached hydrogens (tertiary/aromatic N) is 1. The van der Waals surface area contributed by atoms with E-state index in [2.05, 4.69) is 35.1 Å². The number of ether oxygens (including phenoxy) is 1. The first-order valence-electron chi connectivity index (χ1n) is 9.21. The number of nitrogens with one attached hydrogen (secondary N) is 1. The molecule has 0 unspecified atom stereocenters. The van der Waals surface area contributed by atoms with Crippen LogP contribution in [-0.4, -0.2) is 36.4 Å². The highest BCUT2D eigenvalue weighted by Crippen LogP contribution is 2.27. The molecule has 0 aliphatic heterocycles. The van der Waals surface area contributed by atoms with E-state index in [9.17, 15) is 9.59 Å². The van der Waals surface area contributed by atoms with Crippen LogP contribution >= 0.6 is 27.5 Å². The second-order valence-corrected chi connectivity index (χ2v) is 7.57. The summed E-state index contributed by atoms with van der Waals surface area (Å²) in [5.74, 6) is 0.254. The molecule has 0 aliphatic carbocycles. The molecular weight excluding hydrogens is 444 g/mol. The minimum atomic E-state index is -0.292. The number of amides is 2. The van der Waals surface area contributed by atoms with Crippen LogP contribution in [0, 0.1) is 0 Å². The van der Waals surface area contributed by atoms with Crippen LogP contribution in [0.2, 0.25) is 5.02 Å². The fourth-order valence-electron chi connectivity index (χ4n) is 2.67. The first-order chi connectivity index (χ1) is 13.4. The van der Waals surface area contributed by atoms with Crippen molar-refractivity contribution < 1.29 is 14.3 Å². The first-order valence-corrected chi connectivity index (χ1v) is 10.4. The molecule has 150 valence electrons. The first kappa shape index (κ1) is 22.2. The van der Waals surface area contributed by atoms with Gasteiger partial charge in [0.05, 0.1) is 4.47 Å². The van der Waals surface area contributed by atoms with Crippen molar-refractivity contribution in [3.63, 3.8) is 0 Å². The lowest BCUT2D eigenvalue weighted by molar-refractivity contribution is -0.118. The lowest BCUT2D eigenvalue weighted by Crippen LogP contribution is -2.32. The van der Waals surface area contributed by atoms with E-state index in [1.54, 1.807) is 42.5 Å². The highest BCUT2D eigenvalue weighted by molar-refractivity contribution is 9.10. The SMILES string of the molecule is CCCN(CCC)C(=O)c1ccc(NC(=O)COc2ccc(Cl)cc2Br)cc1. The zero-order valence-electron chi connectivity index (χ0n) is 16.0. The van der Waals surface area contributed by atoms with E-state index in [0.29, 0.717) is 26.5 Å². The van der Waals surface area contributed by atoms with Crippen LogP contribution in [-0.2, 0) is 4.79 Å². The van der Waals surface area contributed by atoms with Crippen LogP contribution in [0.1, 0.15) is 37.0 Å². The Kier molecular flexibility index (Phi) is 8.80. The highest BCUT2D eigenvalue weighted by atomic mass is 79.9. The van der Waals surface area contributed by atoms with Gasteiger partial charge in [0.25, 0.3) is 11.8 Å². The van der Waals surface area contributed by atoms with E-state index < -0.39 is 0 Å². The van der Waals surface area contributed by atoms with Gasteiger partial charge in [-0.25, -0.2) is 0 Å². The van der Waals surface area contributed by atoms with E-state index in [1.165, 1.54) is 0 Å². The Labute approximate surface area is 179 Å². The van der Waals surface area contributed by atoms with Gasteiger partial charge >= 0.3 is 0 Å². The van der Waals surface area contributed by atoms with Gasteiger partial charge in [-0.2, -0.15) is 0 Å². The Morgan fingerprint density at radius 3 is 2.29 bits per heavy atom. The average Bonchev–Trinajstić information content (AvgIpc) is 2.67. The van der Waals surface area contributed by atoms with Crippen molar-refractivity contribution in [1.82, 2.24) is 4.90 Å². The van der Waals surface area contributed by atoms with Crippen LogP contribution < -0.4 is 10.1 Å². The van der Waals surface area contributed by atoms with Gasteiger partial charge < -0.3 is 15.0 Å². The van der Waals surface area contributed by atoms with E-state index in [4.69, 9.17) is 16.3 Å². The number of anilines is 1. The summed E-state index contributed by atoms with van der Waals surface area (Å²) >= 11 is 9.23. The predicted molar refractivity (Wildman–Crippen MR) is 116 cm³/mol. The van der Waals surface area contributed by atoms with Gasteiger partial charge in [0.1, 0.15) is 5.75 Å². The standard InChI is InChI=1S/C21H24BrClN2O3/c1-3-11-25(12-4-2)21(27)15-5-8-17(9-6-15)24-20(26)14-28-19-10-7-16(23)13-18(19)22/h5-10,13H,3-4,11-12,14H2,1-2H3,(H,24,26). The Morgan fingerprint density at radius 2 is 1.71 bits per heavy atom. The van der Waals surface area contributed by atoms with Gasteiger partial charge in [-0.15, -0.1) is 0 Å². The number of rotatable bonds is 9. The van der Waals surface area contributed by atoms with E-state index >= 15 is 0 Å². The molecule has 0 saturated carbocycles. The van der Waals surface area contributed by atoms with E-state index in [0.717, 1.165) is 25.9 Å². The summed E-state index contributed by atoms with van der Waals surface area (Å²) in [5.41, 5.74) is 1.22. The molecular formula is C21H24BrClN2O3. The summed E-state index contributed by atoms with van der Waals surface area (Å²) in [6.07, 6.45) is 1.84. The van der Waals surface area contributed by atoms with Gasteiger partial charge in [0, 0.05) is 29.4 Å². The Balaban J connectivity index is 1.92. The van der Waals surface area contributed by atoms with Gasteiger partial charge in [-0.3, -0.25) is 9.59 Å². The topological polar surface area (TPSA) is 58.6 Å². The zero-order valence-corrected chi connectivity index (χ0v) is 18.3. The molecule has 0 atom stereocenters. The van der Waals surface area contributed by atoms with Gasteiger partial charge in [0.15, 0.2) is 6.61 Å². The van der Waals surface area contributed by atoms with Crippen molar-refractivity contribution in [3.8, 4) is 5.75 Å². The van der Waals surface area contributed by atoms with Crippen molar-refractivity contribution in [2.75, 3.05) is 25.0 Å². The molecule has 0 spiro atoms. The molecule has 2 aromatic carbocycles. The molecule has 0 saturated heterocycles. The maximum atomic E-state index is 12.6. The molecule has 5 nitrogen and oxygen atoms in total. The van der Waals surface area contributed by atoms with E-state index in [1.807, 2.05) is 4.90 Å². The van der Waals surface area contributed by atoms with Crippen LogP contribution in [0.5, 0.6) is 5.75 Å². The maximum absolute atomic E-state index is 12.6. The highest BCUT2D eigenvalue weighted by Gasteiger charge is 2.14. The van der Waals surface area contributed by atoms with Crippen LogP contribution in [0.3, 0.4) is 0 Å². The summed E-state index contributed by atoms with van der Waals surface area (Å²) in [6.45, 7) is 5.45. The maximum Gasteiger partial charge on any atom is 0.262 e. The normalized spacial score (nSPS) is 10.4. The third-order valence-electron chi connectivity index (χ3n) is 3.94. The molecule has 7 heteroatoms. The van der Waals surface area contributed by atoms with Crippen molar-refractivity contribution in [1.29, 1.82) is 0 Å². The summed E-state index contributed by atoms with van der Waals surface area (Å²) in [4.78, 5) is 26.5. The van der Waals surface area contributed by atoms with E-state index in [-0.39, 0.29) is 18.4 Å². The lowest BCUT2D eigenvalue weighted by atomic mass is 10.1. The Morgan fingerprint density at radius 1 is 1.07 bits per heavy atom. The smallest absolute Gasteiger partial charge is 0.262 e. The minimum absolute atomic E-state index is 0.0116. The van der Waals surface area contributed by atoms with Crippen LogP contribution in [0.4, 0.5) is 5.69 Å². The predicted octanol–water partition coefficient (Wildman–Crippen LogP) is 5.38. The fourth-order valence-corrected chi connectivity index (χ4v) is 3.46. The zero-order chi connectivity index (χ0) is 20.5. The number of hydrogen-bond acceptors (Lipinski definition) is 3. The fraction of sp³-hybridized carbons (Fsp3) is 0.333. The Hall–Kier alpha value is -2.05. The molecule has 0 aliphatic rings. The van der Waals surface area contributed by atoms with Crippen molar-refractivity contribution in [2.24, 2.45) is 0 Å². The van der Waals surface area contributed by atoms with Crippen molar-refractivity contribution in [2.45, 2.75) is 26.7 Å². The number of carbonyl (C=O) groups excluding carboxylic acids is 2. The molecule has 2 rings (SSSR count). The van der Waals surface area contributed by atoms with Gasteiger partial charge in [0.2, 0.25) is 0 Å². The average molecular weight is 468 g/mol. The third kappa shape index (κ3) is 6.53. The molecule has 2 amide bonds. The minimum Gasteiger partial charge on any atom is -0.483 e. The molecule has 0 bridgehead atoms. The molecule has 1 N–H and O–H groups in total. The molecule has 2 aromatic rings. The molecule has 28 heavy (non-hydrogen) atoms. The second-order valence-electron chi connectivity index (χ2n) is 6.28. The monoisotopic (exact) mass is 466 g/mol. The molecule has 0 fully saturated rings. The Bertz CT molecular complexity index is 806. The molecule has 0 radical (unpaired) electrons. The van der Waals surface area contributed by atoms with Crippen molar-refractivity contribution >= 4 is 45.0 Å². The molecule has 0 heterocycles. The number of carbonyl (C=O) groups is 2. The van der Waals surface area contributed by atoms with Gasteiger partial charge in [-0.1, -0.05) is 25.4 Å². The third-order valence-corrected chi connectivity index (χ3v) is 4.80. The summed E-state index contributed by atoms with van der Waals surface area (Å²) < 4.78 is 6.17. The number of hydrogen-bond donors (Lipinski definition) is 1.